The van der Waals surface area contributed by atoms with Gasteiger partial charge in [0.05, 0.1) is 10.7 Å². The molecule has 84 valence electrons. The highest BCUT2D eigenvalue weighted by molar-refractivity contribution is 7.09. The first kappa shape index (κ1) is 11.2. The van der Waals surface area contributed by atoms with Gasteiger partial charge >= 0.3 is 0 Å². The highest BCUT2D eigenvalue weighted by atomic mass is 32.1. The molecule has 1 aromatic carbocycles. The van der Waals surface area contributed by atoms with E-state index in [1.807, 2.05) is 0 Å². The molecule has 0 saturated heterocycles. The molecule has 0 aliphatic carbocycles. The normalized spacial score (nSPS) is 10.7. The molecule has 2 nitrogen and oxygen atoms in total. The first-order chi connectivity index (χ1) is 7.70. The molecule has 5 heteroatoms. The third kappa shape index (κ3) is 2.25. The third-order valence-corrected chi connectivity index (χ3v) is 3.00. The summed E-state index contributed by atoms with van der Waals surface area (Å²) in [7, 11) is 0. The minimum Gasteiger partial charge on any atom is -0.396 e. The lowest BCUT2D eigenvalue weighted by molar-refractivity contribution is 0.299. The van der Waals surface area contributed by atoms with E-state index in [4.69, 9.17) is 5.11 Å². The van der Waals surface area contributed by atoms with E-state index in [1.54, 1.807) is 5.38 Å². The Bertz CT molecular complexity index is 498. The van der Waals surface area contributed by atoms with Gasteiger partial charge in [-0.15, -0.1) is 11.3 Å². The standard InChI is InChI=1S/C11H9F2NOS/c12-8-2-1-7(5-9(8)13)10-6-16-11(14-10)3-4-15/h1-2,5-6,15H,3-4H2. The van der Waals surface area contributed by atoms with E-state index in [-0.39, 0.29) is 6.61 Å². The molecule has 16 heavy (non-hydrogen) atoms. The maximum absolute atomic E-state index is 13.0. The van der Waals surface area contributed by atoms with Gasteiger partial charge in [0.25, 0.3) is 0 Å². The number of hydrogen-bond donors (Lipinski definition) is 1. The minimum absolute atomic E-state index is 0.0325. The topological polar surface area (TPSA) is 33.1 Å². The van der Waals surface area contributed by atoms with Crippen LogP contribution in [0.4, 0.5) is 8.78 Å². The molecule has 2 aromatic rings. The van der Waals surface area contributed by atoms with Gasteiger partial charge in [-0.05, 0) is 18.2 Å². The number of halogens is 2. The Hall–Kier alpha value is -1.33. The lowest BCUT2D eigenvalue weighted by Crippen LogP contribution is -1.90. The van der Waals surface area contributed by atoms with Crippen molar-refractivity contribution in [1.82, 2.24) is 4.98 Å². The number of thiazole rings is 1. The van der Waals surface area contributed by atoms with Crippen LogP contribution in [0, 0.1) is 11.6 Å². The average molecular weight is 241 g/mol. The summed E-state index contributed by atoms with van der Waals surface area (Å²) < 4.78 is 25.7. The van der Waals surface area contributed by atoms with E-state index in [1.165, 1.54) is 17.4 Å². The predicted octanol–water partition coefficient (Wildman–Crippen LogP) is 2.62. The second-order valence-corrected chi connectivity index (χ2v) is 4.17. The lowest BCUT2D eigenvalue weighted by atomic mass is 10.1. The van der Waals surface area contributed by atoms with Crippen LogP contribution < -0.4 is 0 Å². The molecule has 1 heterocycles. The van der Waals surface area contributed by atoms with Gasteiger partial charge in [0.1, 0.15) is 0 Å². The highest BCUT2D eigenvalue weighted by Gasteiger charge is 2.07. The number of aromatic nitrogens is 1. The van der Waals surface area contributed by atoms with E-state index in [9.17, 15) is 8.78 Å². The zero-order valence-corrected chi connectivity index (χ0v) is 9.10. The van der Waals surface area contributed by atoms with E-state index >= 15 is 0 Å². The summed E-state index contributed by atoms with van der Waals surface area (Å²) in [6.45, 7) is 0.0325. The number of aliphatic hydroxyl groups is 1. The van der Waals surface area contributed by atoms with Crippen LogP contribution in [0.3, 0.4) is 0 Å². The van der Waals surface area contributed by atoms with Crippen molar-refractivity contribution in [3.8, 4) is 11.3 Å². The molecule has 2 rings (SSSR count). The molecule has 0 atom stereocenters. The van der Waals surface area contributed by atoms with E-state index < -0.39 is 11.6 Å². The van der Waals surface area contributed by atoms with Crippen LogP contribution in [0.25, 0.3) is 11.3 Å². The van der Waals surface area contributed by atoms with Gasteiger partial charge in [-0.3, -0.25) is 0 Å². The van der Waals surface area contributed by atoms with Crippen LogP contribution >= 0.6 is 11.3 Å². The highest BCUT2D eigenvalue weighted by Crippen LogP contribution is 2.23. The molecule has 0 aliphatic rings. The van der Waals surface area contributed by atoms with E-state index in [0.29, 0.717) is 17.7 Å². The zero-order chi connectivity index (χ0) is 11.5. The maximum Gasteiger partial charge on any atom is 0.159 e. The van der Waals surface area contributed by atoms with Crippen molar-refractivity contribution < 1.29 is 13.9 Å². The summed E-state index contributed by atoms with van der Waals surface area (Å²) >= 11 is 1.39. The lowest BCUT2D eigenvalue weighted by Gasteiger charge is -1.97. The fraction of sp³-hybridized carbons (Fsp3) is 0.182. The Labute approximate surface area is 95.2 Å². The van der Waals surface area contributed by atoms with Crippen molar-refractivity contribution >= 4 is 11.3 Å². The molecular formula is C11H9F2NOS. The Morgan fingerprint density at radius 3 is 2.75 bits per heavy atom. The molecule has 0 aliphatic heterocycles. The zero-order valence-electron chi connectivity index (χ0n) is 8.28. The molecule has 0 bridgehead atoms. The molecule has 0 unspecified atom stereocenters. The van der Waals surface area contributed by atoms with Crippen LogP contribution in [0.2, 0.25) is 0 Å². The Kier molecular flexibility index (Phi) is 3.26. The molecule has 0 amide bonds. The van der Waals surface area contributed by atoms with Crippen molar-refractivity contribution in [3.05, 3.63) is 40.2 Å². The quantitative estimate of drug-likeness (QED) is 0.896. The molecule has 0 spiro atoms. The van der Waals surface area contributed by atoms with Crippen LogP contribution in [0.5, 0.6) is 0 Å². The fourth-order valence-corrected chi connectivity index (χ4v) is 2.11. The van der Waals surface area contributed by atoms with Crippen molar-refractivity contribution in [3.63, 3.8) is 0 Å². The smallest absolute Gasteiger partial charge is 0.159 e. The second kappa shape index (κ2) is 4.67. The van der Waals surface area contributed by atoms with Crippen LogP contribution in [-0.4, -0.2) is 16.7 Å². The van der Waals surface area contributed by atoms with Gasteiger partial charge in [-0.2, -0.15) is 0 Å². The van der Waals surface area contributed by atoms with E-state index in [2.05, 4.69) is 4.98 Å². The molecule has 0 fully saturated rings. The molecule has 0 saturated carbocycles. The van der Waals surface area contributed by atoms with Crippen molar-refractivity contribution in [2.45, 2.75) is 6.42 Å². The summed E-state index contributed by atoms with van der Waals surface area (Å²) in [6.07, 6.45) is 0.480. The van der Waals surface area contributed by atoms with Crippen LogP contribution in [0.1, 0.15) is 5.01 Å². The Morgan fingerprint density at radius 1 is 1.25 bits per heavy atom. The van der Waals surface area contributed by atoms with Gasteiger partial charge in [-0.1, -0.05) is 0 Å². The fourth-order valence-electron chi connectivity index (χ4n) is 1.31. The van der Waals surface area contributed by atoms with Crippen LogP contribution in [0.15, 0.2) is 23.6 Å². The van der Waals surface area contributed by atoms with Crippen molar-refractivity contribution in [1.29, 1.82) is 0 Å². The van der Waals surface area contributed by atoms with Gasteiger partial charge in [0, 0.05) is 24.0 Å². The van der Waals surface area contributed by atoms with Crippen LogP contribution in [-0.2, 0) is 6.42 Å². The maximum atomic E-state index is 13.0. The molecule has 0 radical (unpaired) electrons. The summed E-state index contributed by atoms with van der Waals surface area (Å²) in [6, 6.07) is 3.68. The van der Waals surface area contributed by atoms with Gasteiger partial charge in [0.2, 0.25) is 0 Å². The summed E-state index contributed by atoms with van der Waals surface area (Å²) in [4.78, 5) is 4.21. The molecular weight excluding hydrogens is 232 g/mol. The van der Waals surface area contributed by atoms with Crippen molar-refractivity contribution in [2.75, 3.05) is 6.61 Å². The SMILES string of the molecule is OCCc1nc(-c2ccc(F)c(F)c2)cs1. The molecule has 1 aromatic heterocycles. The first-order valence-electron chi connectivity index (χ1n) is 4.71. The largest absolute Gasteiger partial charge is 0.396 e. The van der Waals surface area contributed by atoms with Crippen molar-refractivity contribution in [2.24, 2.45) is 0 Å². The monoisotopic (exact) mass is 241 g/mol. The number of nitrogens with zero attached hydrogens (tertiary/aromatic N) is 1. The third-order valence-electron chi connectivity index (χ3n) is 2.09. The first-order valence-corrected chi connectivity index (χ1v) is 5.59. The minimum atomic E-state index is -0.880. The Morgan fingerprint density at radius 2 is 2.06 bits per heavy atom. The summed E-state index contributed by atoms with van der Waals surface area (Å²) in [5.74, 6) is -1.75. The number of rotatable bonds is 3. The number of aliphatic hydroxyl groups excluding tert-OH is 1. The predicted molar refractivity (Wildman–Crippen MR) is 58.3 cm³/mol. The Balaban J connectivity index is 2.31. The van der Waals surface area contributed by atoms with Gasteiger partial charge in [-0.25, -0.2) is 13.8 Å². The van der Waals surface area contributed by atoms with Gasteiger partial charge in [0.15, 0.2) is 11.6 Å². The number of benzene rings is 1. The second-order valence-electron chi connectivity index (χ2n) is 3.23. The van der Waals surface area contributed by atoms with Gasteiger partial charge < -0.3 is 5.11 Å². The summed E-state index contributed by atoms with van der Waals surface area (Å²) in [5.41, 5.74) is 1.15. The average Bonchev–Trinajstić information content (AvgIpc) is 2.71. The number of hydrogen-bond acceptors (Lipinski definition) is 3. The van der Waals surface area contributed by atoms with E-state index in [0.717, 1.165) is 17.1 Å². The molecule has 1 N–H and O–H groups in total. The summed E-state index contributed by atoms with van der Waals surface area (Å²) in [5, 5.41) is 11.3.